The minimum absolute atomic E-state index is 0.00972. The van der Waals surface area contributed by atoms with E-state index in [2.05, 4.69) is 40.9 Å². The fourth-order valence-electron chi connectivity index (χ4n) is 2.72. The highest BCUT2D eigenvalue weighted by Crippen LogP contribution is 2.38. The molecule has 2 heterocycles. The molecule has 1 saturated carbocycles. The van der Waals surface area contributed by atoms with Gasteiger partial charge < -0.3 is 4.90 Å². The van der Waals surface area contributed by atoms with Gasteiger partial charge in [-0.05, 0) is 47.6 Å². The van der Waals surface area contributed by atoms with Crippen molar-refractivity contribution in [3.63, 3.8) is 0 Å². The van der Waals surface area contributed by atoms with Crippen LogP contribution in [0.1, 0.15) is 44.8 Å². The molecule has 2 unspecified atom stereocenters. The predicted octanol–water partition coefficient (Wildman–Crippen LogP) is 2.76. The molecule has 3 rings (SSSR count). The Bertz CT molecular complexity index is 425. The fourth-order valence-corrected chi connectivity index (χ4v) is 3.40. The Morgan fingerprint density at radius 3 is 2.83 bits per heavy atom. The van der Waals surface area contributed by atoms with E-state index < -0.39 is 0 Å². The molecule has 1 aromatic heterocycles. The number of hydrogen-bond donors (Lipinski definition) is 1. The number of thiophene rings is 1. The average Bonchev–Trinajstić information content (AvgIpc) is 2.89. The van der Waals surface area contributed by atoms with E-state index in [9.17, 15) is 4.79 Å². The maximum atomic E-state index is 12.5. The highest BCUT2D eigenvalue weighted by Gasteiger charge is 2.46. The van der Waals surface area contributed by atoms with Gasteiger partial charge in [-0.25, -0.2) is 0 Å². The van der Waals surface area contributed by atoms with Crippen LogP contribution < -0.4 is 5.32 Å². The fraction of sp³-hybridized carbons (Fsp3) is 0.643. The Labute approximate surface area is 112 Å². The molecule has 4 heteroatoms. The second kappa shape index (κ2) is 4.67. The summed E-state index contributed by atoms with van der Waals surface area (Å²) in [7, 11) is 0. The van der Waals surface area contributed by atoms with Crippen LogP contribution in [0.4, 0.5) is 0 Å². The number of nitrogens with zero attached hydrogens (tertiary/aromatic N) is 1. The number of hydrogen-bond acceptors (Lipinski definition) is 3. The van der Waals surface area contributed by atoms with Crippen LogP contribution in [0, 0.1) is 5.92 Å². The van der Waals surface area contributed by atoms with Crippen molar-refractivity contribution >= 4 is 17.2 Å². The average molecular weight is 264 g/mol. The number of nitrogens with one attached hydrogen (secondary N) is 1. The van der Waals surface area contributed by atoms with Gasteiger partial charge in [-0.3, -0.25) is 10.1 Å². The van der Waals surface area contributed by atoms with Crippen molar-refractivity contribution in [1.29, 1.82) is 0 Å². The van der Waals surface area contributed by atoms with Crippen LogP contribution in [0.15, 0.2) is 16.8 Å². The maximum absolute atomic E-state index is 12.5. The topological polar surface area (TPSA) is 32.3 Å². The summed E-state index contributed by atoms with van der Waals surface area (Å²) in [4.78, 5) is 14.6. The zero-order valence-electron chi connectivity index (χ0n) is 10.9. The normalized spacial score (nSPS) is 28.4. The number of carbonyl (C=O) groups is 1. The molecule has 1 aliphatic carbocycles. The van der Waals surface area contributed by atoms with Gasteiger partial charge in [0, 0.05) is 6.04 Å². The second-order valence-corrected chi connectivity index (χ2v) is 6.56. The minimum Gasteiger partial charge on any atom is -0.319 e. The highest BCUT2D eigenvalue weighted by molar-refractivity contribution is 7.07. The Morgan fingerprint density at radius 1 is 1.50 bits per heavy atom. The van der Waals surface area contributed by atoms with Gasteiger partial charge >= 0.3 is 0 Å². The van der Waals surface area contributed by atoms with Crippen molar-refractivity contribution in [3.05, 3.63) is 22.4 Å². The zero-order chi connectivity index (χ0) is 12.7. The summed E-state index contributed by atoms with van der Waals surface area (Å²) in [6.45, 7) is 4.35. The molecule has 1 N–H and O–H groups in total. The summed E-state index contributed by atoms with van der Waals surface area (Å²) in [6.07, 6.45) is 3.38. The lowest BCUT2D eigenvalue weighted by molar-refractivity contribution is -0.130. The molecule has 0 spiro atoms. The zero-order valence-corrected chi connectivity index (χ0v) is 11.7. The van der Waals surface area contributed by atoms with Crippen molar-refractivity contribution in [1.82, 2.24) is 10.2 Å². The van der Waals surface area contributed by atoms with Crippen molar-refractivity contribution in [3.8, 4) is 0 Å². The summed E-state index contributed by atoms with van der Waals surface area (Å²) >= 11 is 1.70. The van der Waals surface area contributed by atoms with Gasteiger partial charge in [0.15, 0.2) is 0 Å². The van der Waals surface area contributed by atoms with Gasteiger partial charge in [-0.1, -0.05) is 13.8 Å². The molecule has 1 aliphatic heterocycles. The Balaban J connectivity index is 1.82. The highest BCUT2D eigenvalue weighted by atomic mass is 32.1. The van der Waals surface area contributed by atoms with Gasteiger partial charge in [-0.15, -0.1) is 0 Å². The Morgan fingerprint density at radius 2 is 2.28 bits per heavy atom. The van der Waals surface area contributed by atoms with Crippen LogP contribution >= 0.6 is 11.3 Å². The van der Waals surface area contributed by atoms with E-state index in [1.165, 1.54) is 18.4 Å². The van der Waals surface area contributed by atoms with Crippen LogP contribution in [-0.2, 0) is 4.79 Å². The molecule has 2 atom stereocenters. The molecule has 0 radical (unpaired) electrons. The van der Waals surface area contributed by atoms with Gasteiger partial charge in [-0.2, -0.15) is 11.3 Å². The summed E-state index contributed by atoms with van der Waals surface area (Å²) in [5.41, 5.74) is 1.24. The van der Waals surface area contributed by atoms with Crippen LogP contribution in [-0.4, -0.2) is 22.9 Å². The van der Waals surface area contributed by atoms with E-state index in [-0.39, 0.29) is 12.2 Å². The lowest BCUT2D eigenvalue weighted by atomic mass is 10.0. The molecule has 2 aliphatic rings. The van der Waals surface area contributed by atoms with Crippen LogP contribution in [0.25, 0.3) is 0 Å². The first kappa shape index (κ1) is 12.2. The minimum atomic E-state index is 0.00972. The van der Waals surface area contributed by atoms with Crippen molar-refractivity contribution in [2.45, 2.75) is 51.4 Å². The van der Waals surface area contributed by atoms with Crippen LogP contribution in [0.3, 0.4) is 0 Å². The van der Waals surface area contributed by atoms with Crippen LogP contribution in [0.2, 0.25) is 0 Å². The maximum Gasteiger partial charge on any atom is 0.241 e. The summed E-state index contributed by atoms with van der Waals surface area (Å²) in [6, 6.07) is 2.62. The Hall–Kier alpha value is -0.870. The van der Waals surface area contributed by atoms with Crippen LogP contribution in [0.5, 0.6) is 0 Å². The largest absolute Gasteiger partial charge is 0.319 e. The first-order valence-corrected chi connectivity index (χ1v) is 7.71. The first-order valence-electron chi connectivity index (χ1n) is 6.77. The number of carbonyl (C=O) groups excluding carboxylic acids is 1. The number of rotatable bonds is 4. The summed E-state index contributed by atoms with van der Waals surface area (Å²) < 4.78 is 0. The molecule has 98 valence electrons. The monoisotopic (exact) mass is 264 g/mol. The molecule has 18 heavy (non-hydrogen) atoms. The molecule has 1 amide bonds. The standard InChI is InChI=1S/C14H20N2OS/c1-9(2)7-12-14(17)16(11-3-4-11)13(15-12)10-5-6-18-8-10/h5-6,8-9,11-13,15H,3-4,7H2,1-2H3. The smallest absolute Gasteiger partial charge is 0.241 e. The van der Waals surface area contributed by atoms with Crippen molar-refractivity contribution in [2.24, 2.45) is 5.92 Å². The van der Waals surface area contributed by atoms with Gasteiger partial charge in [0.2, 0.25) is 5.91 Å². The second-order valence-electron chi connectivity index (χ2n) is 5.78. The predicted molar refractivity (Wildman–Crippen MR) is 73.3 cm³/mol. The molecule has 0 aromatic carbocycles. The van der Waals surface area contributed by atoms with Crippen molar-refractivity contribution in [2.75, 3.05) is 0 Å². The molecule has 3 nitrogen and oxygen atoms in total. The molecule has 1 saturated heterocycles. The van der Waals surface area contributed by atoms with E-state index in [0.717, 1.165) is 6.42 Å². The van der Waals surface area contributed by atoms with Gasteiger partial charge in [0.05, 0.1) is 6.04 Å². The van der Waals surface area contributed by atoms with E-state index >= 15 is 0 Å². The molecular weight excluding hydrogens is 244 g/mol. The SMILES string of the molecule is CC(C)CC1NC(c2ccsc2)N(C2CC2)C1=O. The summed E-state index contributed by atoms with van der Waals surface area (Å²) in [5, 5.41) is 7.77. The molecule has 2 fully saturated rings. The summed E-state index contributed by atoms with van der Waals surface area (Å²) in [5.74, 6) is 0.858. The van der Waals surface area contributed by atoms with Crippen molar-refractivity contribution < 1.29 is 4.79 Å². The Kier molecular flexibility index (Phi) is 3.16. The van der Waals surface area contributed by atoms with E-state index in [1.807, 2.05) is 0 Å². The third-order valence-electron chi connectivity index (χ3n) is 3.70. The van der Waals surface area contributed by atoms with E-state index in [0.29, 0.717) is 17.9 Å². The lowest BCUT2D eigenvalue weighted by Gasteiger charge is -2.23. The molecule has 0 bridgehead atoms. The lowest BCUT2D eigenvalue weighted by Crippen LogP contribution is -2.33. The van der Waals surface area contributed by atoms with E-state index in [4.69, 9.17) is 0 Å². The van der Waals surface area contributed by atoms with Gasteiger partial charge in [0.25, 0.3) is 0 Å². The quantitative estimate of drug-likeness (QED) is 0.907. The van der Waals surface area contributed by atoms with Gasteiger partial charge in [0.1, 0.15) is 6.17 Å². The first-order chi connectivity index (χ1) is 8.66. The third kappa shape index (κ3) is 2.19. The molecule has 1 aromatic rings. The van der Waals surface area contributed by atoms with E-state index in [1.54, 1.807) is 11.3 Å². The third-order valence-corrected chi connectivity index (χ3v) is 4.40. The molecular formula is C14H20N2OS. The number of amides is 1.